The molecule has 0 bridgehead atoms. The van der Waals surface area contributed by atoms with Gasteiger partial charge in [0.25, 0.3) is 0 Å². The summed E-state index contributed by atoms with van der Waals surface area (Å²) in [6.45, 7) is 0. The van der Waals surface area contributed by atoms with Crippen molar-refractivity contribution in [1.29, 1.82) is 0 Å². The molecule has 3 nitrogen and oxygen atoms in total. The topological polar surface area (TPSA) is 57.5 Å². The summed E-state index contributed by atoms with van der Waals surface area (Å²) < 4.78 is 25.9. The van der Waals surface area contributed by atoms with Gasteiger partial charge in [-0.05, 0) is 35.4 Å². The molecule has 0 fully saturated rings. The molecule has 2 N–H and O–H groups in total. The fourth-order valence-electron chi connectivity index (χ4n) is 2.04. The first-order valence-corrected chi connectivity index (χ1v) is 5.88. The summed E-state index contributed by atoms with van der Waals surface area (Å²) in [4.78, 5) is 11.0. The Bertz CT molecular complexity index is 561. The van der Waals surface area contributed by atoms with Crippen LogP contribution in [0, 0.1) is 11.6 Å². The summed E-state index contributed by atoms with van der Waals surface area (Å²) >= 11 is 0. The Morgan fingerprint density at radius 2 is 1.25 bits per heavy atom. The zero-order chi connectivity index (χ0) is 14.8. The molecule has 0 saturated carbocycles. The molecule has 104 valence electrons. The first-order valence-electron chi connectivity index (χ1n) is 5.88. The van der Waals surface area contributed by atoms with E-state index >= 15 is 0 Å². The highest BCUT2D eigenvalue weighted by Crippen LogP contribution is 2.33. The average Bonchev–Trinajstić information content (AvgIpc) is 2.39. The second-order valence-corrected chi connectivity index (χ2v) is 4.44. The van der Waals surface area contributed by atoms with Crippen LogP contribution >= 0.6 is 0 Å². The first kappa shape index (κ1) is 14.1. The van der Waals surface area contributed by atoms with Gasteiger partial charge >= 0.3 is 5.97 Å². The molecule has 0 radical (unpaired) electrons. The number of carbonyl (C=O) groups is 1. The van der Waals surface area contributed by atoms with E-state index in [1.54, 1.807) is 0 Å². The predicted molar refractivity (Wildman–Crippen MR) is 68.1 cm³/mol. The molecule has 0 unspecified atom stereocenters. The van der Waals surface area contributed by atoms with Crippen LogP contribution in [0.2, 0.25) is 0 Å². The van der Waals surface area contributed by atoms with E-state index in [0.29, 0.717) is 0 Å². The van der Waals surface area contributed by atoms with Gasteiger partial charge in [-0.1, -0.05) is 24.3 Å². The summed E-state index contributed by atoms with van der Waals surface area (Å²) in [5.74, 6) is -2.21. The molecule has 0 aliphatic rings. The highest BCUT2D eigenvalue weighted by molar-refractivity contribution is 5.70. The lowest BCUT2D eigenvalue weighted by Gasteiger charge is -2.27. The third-order valence-electron chi connectivity index (χ3n) is 3.05. The van der Waals surface area contributed by atoms with Crippen LogP contribution in [0.3, 0.4) is 0 Å². The van der Waals surface area contributed by atoms with Gasteiger partial charge in [-0.2, -0.15) is 0 Å². The smallest absolute Gasteiger partial charge is 0.306 e. The standard InChI is InChI=1S/C15H12F2O3/c16-12-5-1-10(2-6-12)15(20,9-14(18)19)11-3-7-13(17)8-4-11/h1-8,20H,9H2,(H,18,19). The number of rotatable bonds is 4. The quantitative estimate of drug-likeness (QED) is 0.904. The van der Waals surface area contributed by atoms with Gasteiger partial charge in [-0.3, -0.25) is 4.79 Å². The van der Waals surface area contributed by atoms with E-state index in [1.807, 2.05) is 0 Å². The monoisotopic (exact) mass is 278 g/mol. The summed E-state index contributed by atoms with van der Waals surface area (Å²) in [7, 11) is 0. The van der Waals surface area contributed by atoms with Crippen LogP contribution in [0.15, 0.2) is 48.5 Å². The largest absolute Gasteiger partial charge is 0.481 e. The van der Waals surface area contributed by atoms with E-state index < -0.39 is 29.6 Å². The molecule has 2 aromatic rings. The molecule has 2 rings (SSSR count). The Balaban J connectivity index is 2.52. The third kappa shape index (κ3) is 2.83. The molecule has 0 aliphatic carbocycles. The predicted octanol–water partition coefficient (Wildman–Crippen LogP) is 2.68. The summed E-state index contributed by atoms with van der Waals surface area (Å²) in [5, 5.41) is 19.7. The van der Waals surface area contributed by atoms with Gasteiger partial charge in [0.1, 0.15) is 17.2 Å². The molecule has 5 heteroatoms. The molecular weight excluding hydrogens is 266 g/mol. The number of aliphatic hydroxyl groups is 1. The van der Waals surface area contributed by atoms with Crippen LogP contribution in [0.5, 0.6) is 0 Å². The van der Waals surface area contributed by atoms with E-state index in [0.717, 1.165) is 24.3 Å². The van der Waals surface area contributed by atoms with Crippen molar-refractivity contribution < 1.29 is 23.8 Å². The lowest BCUT2D eigenvalue weighted by molar-refractivity contribution is -0.141. The van der Waals surface area contributed by atoms with Crippen molar-refractivity contribution in [2.24, 2.45) is 0 Å². The highest BCUT2D eigenvalue weighted by atomic mass is 19.1. The van der Waals surface area contributed by atoms with Gasteiger partial charge < -0.3 is 10.2 Å². The van der Waals surface area contributed by atoms with Crippen molar-refractivity contribution in [1.82, 2.24) is 0 Å². The van der Waals surface area contributed by atoms with Gasteiger partial charge in [-0.15, -0.1) is 0 Å². The van der Waals surface area contributed by atoms with Crippen molar-refractivity contribution in [3.05, 3.63) is 71.3 Å². The second-order valence-electron chi connectivity index (χ2n) is 4.44. The summed E-state index contributed by atoms with van der Waals surface area (Å²) in [6, 6.07) is 9.75. The number of carboxylic acids is 1. The van der Waals surface area contributed by atoms with E-state index in [1.165, 1.54) is 24.3 Å². The molecule has 0 aliphatic heterocycles. The first-order chi connectivity index (χ1) is 9.41. The minimum absolute atomic E-state index is 0.230. The van der Waals surface area contributed by atoms with Crippen LogP contribution in [-0.2, 0) is 10.4 Å². The molecule has 0 heterocycles. The van der Waals surface area contributed by atoms with Crippen LogP contribution < -0.4 is 0 Å². The van der Waals surface area contributed by atoms with Gasteiger partial charge in [0, 0.05) is 0 Å². The second kappa shape index (κ2) is 5.38. The maximum absolute atomic E-state index is 12.9. The zero-order valence-corrected chi connectivity index (χ0v) is 10.4. The van der Waals surface area contributed by atoms with Gasteiger partial charge in [0.15, 0.2) is 0 Å². The number of carboxylic acid groups (broad SMARTS) is 1. The minimum atomic E-state index is -1.84. The van der Waals surface area contributed by atoms with Crippen LogP contribution in [-0.4, -0.2) is 16.2 Å². The summed E-state index contributed by atoms with van der Waals surface area (Å²) in [5.41, 5.74) is -1.38. The normalized spacial score (nSPS) is 11.3. The minimum Gasteiger partial charge on any atom is -0.481 e. The number of hydrogen-bond donors (Lipinski definition) is 2. The lowest BCUT2D eigenvalue weighted by atomic mass is 9.83. The van der Waals surface area contributed by atoms with Crippen molar-refractivity contribution in [2.75, 3.05) is 0 Å². The molecule has 0 spiro atoms. The Labute approximate surface area is 114 Å². The maximum atomic E-state index is 12.9. The lowest BCUT2D eigenvalue weighted by Crippen LogP contribution is -2.30. The van der Waals surface area contributed by atoms with E-state index in [2.05, 4.69) is 0 Å². The molecule has 0 atom stereocenters. The number of halogens is 2. The molecule has 20 heavy (non-hydrogen) atoms. The van der Waals surface area contributed by atoms with Crippen molar-refractivity contribution in [3.8, 4) is 0 Å². The maximum Gasteiger partial charge on any atom is 0.306 e. The zero-order valence-electron chi connectivity index (χ0n) is 10.4. The van der Waals surface area contributed by atoms with Crippen molar-refractivity contribution in [2.45, 2.75) is 12.0 Å². The third-order valence-corrected chi connectivity index (χ3v) is 3.05. The fraction of sp³-hybridized carbons (Fsp3) is 0.133. The van der Waals surface area contributed by atoms with Gasteiger partial charge in [0.2, 0.25) is 0 Å². The molecule has 0 aromatic heterocycles. The van der Waals surface area contributed by atoms with E-state index in [9.17, 15) is 18.7 Å². The van der Waals surface area contributed by atoms with Crippen molar-refractivity contribution in [3.63, 3.8) is 0 Å². The van der Waals surface area contributed by atoms with Crippen LogP contribution in [0.25, 0.3) is 0 Å². The molecule has 0 amide bonds. The van der Waals surface area contributed by atoms with Crippen LogP contribution in [0.1, 0.15) is 17.5 Å². The number of hydrogen-bond acceptors (Lipinski definition) is 2. The Hall–Kier alpha value is -2.27. The Morgan fingerprint density at radius 1 is 0.900 bits per heavy atom. The molecule has 2 aromatic carbocycles. The SMILES string of the molecule is O=C(O)CC(O)(c1ccc(F)cc1)c1ccc(F)cc1. The highest BCUT2D eigenvalue weighted by Gasteiger charge is 2.34. The van der Waals surface area contributed by atoms with E-state index in [4.69, 9.17) is 5.11 Å². The number of benzene rings is 2. The van der Waals surface area contributed by atoms with Crippen LogP contribution in [0.4, 0.5) is 8.78 Å². The average molecular weight is 278 g/mol. The molecule has 0 saturated heterocycles. The van der Waals surface area contributed by atoms with Crippen molar-refractivity contribution >= 4 is 5.97 Å². The number of aliphatic carboxylic acids is 1. The van der Waals surface area contributed by atoms with Gasteiger partial charge in [0.05, 0.1) is 6.42 Å². The molecular formula is C15H12F2O3. The Kier molecular flexibility index (Phi) is 3.81. The van der Waals surface area contributed by atoms with E-state index in [-0.39, 0.29) is 11.1 Å². The fourth-order valence-corrected chi connectivity index (χ4v) is 2.04. The van der Waals surface area contributed by atoms with Gasteiger partial charge in [-0.25, -0.2) is 8.78 Å². The Morgan fingerprint density at radius 3 is 1.55 bits per heavy atom. The summed E-state index contributed by atoms with van der Waals surface area (Å²) in [6.07, 6.45) is -0.607.